The number of ether oxygens (including phenoxy) is 2. The maximum Gasteiger partial charge on any atom is 0.332 e. The van der Waals surface area contributed by atoms with E-state index in [9.17, 15) is 4.79 Å². The Labute approximate surface area is 253 Å². The van der Waals surface area contributed by atoms with Gasteiger partial charge in [-0.15, -0.1) is 0 Å². The van der Waals surface area contributed by atoms with Gasteiger partial charge in [-0.1, -0.05) is 18.2 Å². The van der Waals surface area contributed by atoms with Crippen molar-refractivity contribution >= 4 is 40.4 Å². The molecule has 0 radical (unpaired) electrons. The van der Waals surface area contributed by atoms with Gasteiger partial charge in [-0.3, -0.25) is 0 Å². The van der Waals surface area contributed by atoms with E-state index in [1.165, 1.54) is 10.6 Å². The normalized spacial score (nSPS) is 13.4. The van der Waals surface area contributed by atoms with Crippen molar-refractivity contribution in [2.45, 2.75) is 20.8 Å². The Hall–Kier alpha value is -4.83. The van der Waals surface area contributed by atoms with E-state index in [0.29, 0.717) is 34.6 Å². The number of aromatic nitrogens is 2. The maximum absolute atomic E-state index is 14.1. The lowest BCUT2D eigenvalue weighted by Gasteiger charge is -2.34. The quantitative estimate of drug-likeness (QED) is 0.251. The van der Waals surface area contributed by atoms with Gasteiger partial charge in [-0.25, -0.2) is 19.7 Å². The first-order valence-electron chi connectivity index (χ1n) is 14.3. The molecule has 224 valence electrons. The molecular weight excluding hydrogens is 542 g/mol. The van der Waals surface area contributed by atoms with Crippen LogP contribution in [0, 0.1) is 20.8 Å². The van der Waals surface area contributed by atoms with E-state index in [0.717, 1.165) is 48.7 Å². The number of carbonyl (C=O) groups is 1. The van der Waals surface area contributed by atoms with Crippen molar-refractivity contribution in [2.75, 3.05) is 67.9 Å². The second-order valence-corrected chi connectivity index (χ2v) is 10.7. The van der Waals surface area contributed by atoms with Crippen LogP contribution in [-0.4, -0.2) is 68.3 Å². The van der Waals surface area contributed by atoms with Gasteiger partial charge >= 0.3 is 6.03 Å². The molecule has 4 aromatic rings. The van der Waals surface area contributed by atoms with Crippen LogP contribution in [0.3, 0.4) is 0 Å². The van der Waals surface area contributed by atoms with Crippen LogP contribution >= 0.6 is 0 Å². The van der Waals surface area contributed by atoms with Gasteiger partial charge in [0.2, 0.25) is 0 Å². The third kappa shape index (κ3) is 6.81. The summed E-state index contributed by atoms with van der Waals surface area (Å²) in [7, 11) is 5.30. The van der Waals surface area contributed by atoms with Crippen LogP contribution in [0.1, 0.15) is 17.0 Å². The minimum absolute atomic E-state index is 0.385. The van der Waals surface area contributed by atoms with Gasteiger partial charge < -0.3 is 29.9 Å². The lowest BCUT2D eigenvalue weighted by atomic mass is 10.1. The predicted octanol–water partition coefficient (Wildman–Crippen LogP) is 6.28. The summed E-state index contributed by atoms with van der Waals surface area (Å²) in [6.07, 6.45) is 0. The second kappa shape index (κ2) is 13.0. The minimum Gasteiger partial charge on any atom is -0.497 e. The van der Waals surface area contributed by atoms with E-state index < -0.39 is 0 Å². The molecule has 0 bridgehead atoms. The number of anilines is 6. The molecule has 1 aliphatic heterocycles. The Bertz CT molecular complexity index is 1560. The number of nitrogens with zero attached hydrogens (tertiary/aromatic N) is 5. The Morgan fingerprint density at radius 3 is 2.21 bits per heavy atom. The Morgan fingerprint density at radius 2 is 1.56 bits per heavy atom. The summed E-state index contributed by atoms with van der Waals surface area (Å²) >= 11 is 0. The monoisotopic (exact) mass is 581 g/mol. The number of benzene rings is 3. The number of carbonyl (C=O) groups excluding carboxylic acids is 1. The first-order valence-corrected chi connectivity index (χ1v) is 14.3. The molecule has 2 amide bonds. The van der Waals surface area contributed by atoms with Crippen molar-refractivity contribution in [1.82, 2.24) is 14.9 Å². The predicted molar refractivity (Wildman–Crippen MR) is 173 cm³/mol. The van der Waals surface area contributed by atoms with Gasteiger partial charge in [0, 0.05) is 55.4 Å². The topological polar surface area (TPSA) is 95.1 Å². The van der Waals surface area contributed by atoms with Gasteiger partial charge in [-0.2, -0.15) is 0 Å². The van der Waals surface area contributed by atoms with E-state index in [1.54, 1.807) is 45.4 Å². The number of hydrogen-bond acceptors (Lipinski definition) is 8. The van der Waals surface area contributed by atoms with Gasteiger partial charge in [0.1, 0.15) is 29.0 Å². The minimum atomic E-state index is -0.388. The van der Waals surface area contributed by atoms with E-state index in [1.807, 2.05) is 44.2 Å². The SMILES string of the molecule is COc1ccc(N(C(=O)Nc2c(C)cccc2C)c2cc(Nc3ccc(N4CCN(C)CC4)cc3)nc(C)n2)c(OC)c1. The molecule has 1 fully saturated rings. The molecule has 5 rings (SSSR count). The lowest BCUT2D eigenvalue weighted by molar-refractivity contribution is 0.258. The largest absolute Gasteiger partial charge is 0.497 e. The maximum atomic E-state index is 14.1. The number of urea groups is 1. The number of nitrogens with one attached hydrogen (secondary N) is 2. The number of para-hydroxylation sites is 1. The average molecular weight is 582 g/mol. The van der Waals surface area contributed by atoms with E-state index in [4.69, 9.17) is 9.47 Å². The van der Waals surface area contributed by atoms with Gasteiger partial charge in [0.25, 0.3) is 0 Å². The zero-order chi connectivity index (χ0) is 30.5. The highest BCUT2D eigenvalue weighted by atomic mass is 16.5. The number of hydrogen-bond donors (Lipinski definition) is 2. The summed E-state index contributed by atoms with van der Waals surface area (Å²) in [4.78, 5) is 29.6. The summed E-state index contributed by atoms with van der Waals surface area (Å²) < 4.78 is 11.1. The molecule has 0 saturated carbocycles. The van der Waals surface area contributed by atoms with Gasteiger partial charge in [-0.05, 0) is 75.3 Å². The van der Waals surface area contributed by atoms with Crippen LogP contribution in [0.2, 0.25) is 0 Å². The van der Waals surface area contributed by atoms with E-state index in [-0.39, 0.29) is 6.03 Å². The Balaban J connectivity index is 1.48. The fourth-order valence-electron chi connectivity index (χ4n) is 5.18. The molecule has 2 heterocycles. The molecule has 0 unspecified atom stereocenters. The Morgan fingerprint density at radius 1 is 0.860 bits per heavy atom. The zero-order valence-electron chi connectivity index (χ0n) is 25.6. The first kappa shape index (κ1) is 29.7. The van der Waals surface area contributed by atoms with Crippen molar-refractivity contribution < 1.29 is 14.3 Å². The molecule has 1 aromatic heterocycles. The summed E-state index contributed by atoms with van der Waals surface area (Å²) in [5.41, 5.74) is 5.24. The highest BCUT2D eigenvalue weighted by molar-refractivity contribution is 6.08. The highest BCUT2D eigenvalue weighted by Crippen LogP contribution is 2.37. The molecule has 10 nitrogen and oxygen atoms in total. The van der Waals surface area contributed by atoms with Crippen molar-refractivity contribution in [1.29, 1.82) is 0 Å². The third-order valence-corrected chi connectivity index (χ3v) is 7.61. The lowest BCUT2D eigenvalue weighted by Crippen LogP contribution is -2.44. The van der Waals surface area contributed by atoms with Crippen LogP contribution < -0.4 is 29.9 Å². The Kier molecular flexibility index (Phi) is 8.96. The van der Waals surface area contributed by atoms with Crippen LogP contribution in [0.15, 0.2) is 66.7 Å². The van der Waals surface area contributed by atoms with E-state index in [2.05, 4.69) is 49.6 Å². The molecule has 1 saturated heterocycles. The molecule has 1 aliphatic rings. The number of rotatable bonds is 8. The second-order valence-electron chi connectivity index (χ2n) is 10.7. The van der Waals surface area contributed by atoms with Crippen molar-refractivity contribution in [3.63, 3.8) is 0 Å². The van der Waals surface area contributed by atoms with Crippen LogP contribution in [0.4, 0.5) is 39.2 Å². The number of amides is 2. The molecule has 0 aliphatic carbocycles. The smallest absolute Gasteiger partial charge is 0.332 e. The molecular formula is C33H39N7O3. The summed E-state index contributed by atoms with van der Waals surface area (Å²) in [6, 6.07) is 20.9. The van der Waals surface area contributed by atoms with Gasteiger partial charge in [0.15, 0.2) is 0 Å². The third-order valence-electron chi connectivity index (χ3n) is 7.61. The van der Waals surface area contributed by atoms with Crippen molar-refractivity contribution in [2.24, 2.45) is 0 Å². The fraction of sp³-hybridized carbons (Fsp3) is 0.303. The molecule has 0 spiro atoms. The van der Waals surface area contributed by atoms with Crippen molar-refractivity contribution in [3.8, 4) is 11.5 Å². The number of methoxy groups -OCH3 is 2. The first-order chi connectivity index (χ1) is 20.7. The van der Waals surface area contributed by atoms with Crippen LogP contribution in [-0.2, 0) is 0 Å². The van der Waals surface area contributed by atoms with Gasteiger partial charge in [0.05, 0.1) is 19.9 Å². The highest BCUT2D eigenvalue weighted by Gasteiger charge is 2.25. The fourth-order valence-corrected chi connectivity index (χ4v) is 5.18. The molecule has 10 heteroatoms. The number of piperazine rings is 1. The van der Waals surface area contributed by atoms with Crippen LogP contribution in [0.25, 0.3) is 0 Å². The summed E-state index contributed by atoms with van der Waals surface area (Å²) in [5, 5.41) is 6.49. The molecule has 43 heavy (non-hydrogen) atoms. The number of aryl methyl sites for hydroxylation is 3. The summed E-state index contributed by atoms with van der Waals surface area (Å²) in [5.74, 6) is 2.52. The van der Waals surface area contributed by atoms with Crippen molar-refractivity contribution in [3.05, 3.63) is 83.7 Å². The molecule has 3 aromatic carbocycles. The van der Waals surface area contributed by atoms with E-state index >= 15 is 0 Å². The number of likely N-dealkylation sites (N-methyl/N-ethyl adjacent to an activating group) is 1. The molecule has 0 atom stereocenters. The average Bonchev–Trinajstić information content (AvgIpc) is 3.00. The zero-order valence-corrected chi connectivity index (χ0v) is 25.6. The standard InChI is InChI=1S/C33H39N7O3/c1-22-8-7-9-23(2)32(22)37-33(41)40(28-15-14-27(42-5)20-29(28)43-6)31-21-30(34-24(3)35-31)36-25-10-12-26(13-11-25)39-18-16-38(4)17-19-39/h7-15,20-21H,16-19H2,1-6H3,(H,37,41)(H,34,35,36). The molecule has 2 N–H and O–H groups in total. The summed E-state index contributed by atoms with van der Waals surface area (Å²) in [6.45, 7) is 9.85. The van der Waals surface area contributed by atoms with Crippen LogP contribution in [0.5, 0.6) is 11.5 Å².